The van der Waals surface area contributed by atoms with Gasteiger partial charge in [-0.15, -0.1) is 0 Å². The van der Waals surface area contributed by atoms with Crippen LogP contribution < -0.4 is 20.5 Å². The standard InChI is InChI=1S/C44H35NSi/c1-6-16-39(17-7-1)45(40-18-8-2-9-19-40)41-32-30-38(31-33-41)37-28-26-36(27-29-37)34-35-46(42-20-10-3-11-21-42,43-22-12-4-13-23-43)44-24-14-5-15-25-44/h1-35H/b35-34+. The fourth-order valence-electron chi connectivity index (χ4n) is 6.30. The van der Waals surface area contributed by atoms with Crippen LogP contribution in [0.2, 0.25) is 0 Å². The highest BCUT2D eigenvalue weighted by Gasteiger charge is 2.36. The largest absolute Gasteiger partial charge is 0.311 e. The molecule has 2 heteroatoms. The monoisotopic (exact) mass is 605 g/mol. The summed E-state index contributed by atoms with van der Waals surface area (Å²) in [6.45, 7) is 0. The molecule has 7 aromatic carbocycles. The van der Waals surface area contributed by atoms with Gasteiger partial charge in [-0.2, -0.15) is 0 Å². The second-order valence-electron chi connectivity index (χ2n) is 11.4. The van der Waals surface area contributed by atoms with Crippen LogP contribution in [0.1, 0.15) is 5.56 Å². The average Bonchev–Trinajstić information content (AvgIpc) is 3.15. The topological polar surface area (TPSA) is 3.24 Å². The van der Waals surface area contributed by atoms with Gasteiger partial charge in [0.2, 0.25) is 0 Å². The van der Waals surface area contributed by atoms with Gasteiger partial charge in [0.15, 0.2) is 8.07 Å². The fraction of sp³-hybridized carbons (Fsp3) is 0. The van der Waals surface area contributed by atoms with Crippen molar-refractivity contribution in [3.8, 4) is 11.1 Å². The lowest BCUT2D eigenvalue weighted by Crippen LogP contribution is -2.66. The van der Waals surface area contributed by atoms with Gasteiger partial charge in [-0.3, -0.25) is 0 Å². The summed E-state index contributed by atoms with van der Waals surface area (Å²) in [7, 11) is -2.44. The third kappa shape index (κ3) is 5.99. The van der Waals surface area contributed by atoms with Crippen molar-refractivity contribution in [2.24, 2.45) is 0 Å². The van der Waals surface area contributed by atoms with E-state index in [9.17, 15) is 0 Å². The van der Waals surface area contributed by atoms with E-state index in [1.54, 1.807) is 0 Å². The van der Waals surface area contributed by atoms with E-state index in [-0.39, 0.29) is 0 Å². The van der Waals surface area contributed by atoms with Gasteiger partial charge in [-0.1, -0.05) is 176 Å². The molecule has 0 aliphatic rings. The Balaban J connectivity index is 1.21. The minimum absolute atomic E-state index is 1.13. The molecule has 0 radical (unpaired) electrons. The summed E-state index contributed by atoms with van der Waals surface area (Å²) in [6.07, 6.45) is 2.32. The molecule has 0 heterocycles. The van der Waals surface area contributed by atoms with E-state index in [0.29, 0.717) is 0 Å². The molecule has 0 bridgehead atoms. The zero-order valence-corrected chi connectivity index (χ0v) is 26.7. The van der Waals surface area contributed by atoms with Gasteiger partial charge in [0.25, 0.3) is 0 Å². The van der Waals surface area contributed by atoms with Gasteiger partial charge < -0.3 is 4.90 Å². The van der Waals surface area contributed by atoms with Crippen LogP contribution in [0.15, 0.2) is 206 Å². The Morgan fingerprint density at radius 2 is 0.652 bits per heavy atom. The highest BCUT2D eigenvalue weighted by molar-refractivity contribution is 7.15. The molecule has 0 N–H and O–H groups in total. The Morgan fingerprint density at radius 1 is 0.326 bits per heavy atom. The summed E-state index contributed by atoms with van der Waals surface area (Å²) in [4.78, 5) is 2.29. The van der Waals surface area contributed by atoms with Crippen molar-refractivity contribution in [3.63, 3.8) is 0 Å². The smallest absolute Gasteiger partial charge is 0.172 e. The Hall–Kier alpha value is -5.70. The van der Waals surface area contributed by atoms with E-state index >= 15 is 0 Å². The summed E-state index contributed by atoms with van der Waals surface area (Å²) in [5.74, 6) is 0. The van der Waals surface area contributed by atoms with E-state index in [2.05, 4.69) is 217 Å². The molecule has 0 saturated heterocycles. The molecule has 0 aliphatic carbocycles. The first kappa shape index (κ1) is 29.0. The molecule has 7 aromatic rings. The fourth-order valence-corrected chi connectivity index (χ4v) is 10.5. The minimum Gasteiger partial charge on any atom is -0.311 e. The van der Waals surface area contributed by atoms with Crippen molar-refractivity contribution >= 4 is 46.8 Å². The maximum Gasteiger partial charge on any atom is 0.172 e. The maximum absolute atomic E-state index is 2.50. The number of anilines is 3. The van der Waals surface area contributed by atoms with Crippen LogP contribution in [0.3, 0.4) is 0 Å². The van der Waals surface area contributed by atoms with Crippen LogP contribution in [0.5, 0.6) is 0 Å². The van der Waals surface area contributed by atoms with Gasteiger partial charge in [0, 0.05) is 17.1 Å². The summed E-state index contributed by atoms with van der Waals surface area (Å²) in [5.41, 5.74) is 9.49. The summed E-state index contributed by atoms with van der Waals surface area (Å²) in [5, 5.41) is 4.13. The lowest BCUT2D eigenvalue weighted by molar-refractivity contribution is 1.28. The summed E-state index contributed by atoms with van der Waals surface area (Å²) >= 11 is 0. The molecule has 46 heavy (non-hydrogen) atoms. The van der Waals surface area contributed by atoms with Crippen molar-refractivity contribution in [1.29, 1.82) is 0 Å². The number of nitrogens with zero attached hydrogens (tertiary/aromatic N) is 1. The van der Waals surface area contributed by atoms with E-state index in [1.165, 1.54) is 32.3 Å². The SMILES string of the molecule is C(=C\[Si](c1ccccc1)(c1ccccc1)c1ccccc1)/c1ccc(-c2ccc(N(c3ccccc3)c3ccccc3)cc2)cc1. The molecule has 0 unspecified atom stereocenters. The maximum atomic E-state index is 2.50. The molecule has 0 amide bonds. The first-order chi connectivity index (χ1) is 22.8. The van der Waals surface area contributed by atoms with E-state index in [0.717, 1.165) is 17.1 Å². The van der Waals surface area contributed by atoms with Gasteiger partial charge in [0.1, 0.15) is 0 Å². The lowest BCUT2D eigenvalue weighted by Gasteiger charge is -2.30. The summed E-state index contributed by atoms with van der Waals surface area (Å²) < 4.78 is 0. The molecule has 220 valence electrons. The van der Waals surface area contributed by atoms with E-state index in [1.807, 2.05) is 0 Å². The lowest BCUT2D eigenvalue weighted by atomic mass is 10.0. The zero-order valence-electron chi connectivity index (χ0n) is 25.7. The van der Waals surface area contributed by atoms with Crippen molar-refractivity contribution < 1.29 is 0 Å². The predicted octanol–water partition coefficient (Wildman–Crippen LogP) is 9.55. The molecule has 7 rings (SSSR count). The van der Waals surface area contributed by atoms with Crippen molar-refractivity contribution in [3.05, 3.63) is 211 Å². The zero-order chi connectivity index (χ0) is 31.0. The Bertz CT molecular complexity index is 1850. The number of rotatable bonds is 9. The van der Waals surface area contributed by atoms with Crippen molar-refractivity contribution in [2.75, 3.05) is 4.90 Å². The second kappa shape index (κ2) is 13.5. The van der Waals surface area contributed by atoms with Crippen molar-refractivity contribution in [1.82, 2.24) is 0 Å². The Morgan fingerprint density at radius 3 is 1.04 bits per heavy atom. The first-order valence-electron chi connectivity index (χ1n) is 15.8. The van der Waals surface area contributed by atoms with Gasteiger partial charge in [-0.25, -0.2) is 0 Å². The molecular formula is C44H35NSi. The molecule has 0 aliphatic heterocycles. The third-order valence-corrected chi connectivity index (χ3v) is 13.0. The number of hydrogen-bond donors (Lipinski definition) is 0. The number of hydrogen-bond acceptors (Lipinski definition) is 1. The van der Waals surface area contributed by atoms with Crippen LogP contribution in [-0.2, 0) is 0 Å². The third-order valence-electron chi connectivity index (χ3n) is 8.61. The molecule has 0 fully saturated rings. The van der Waals surface area contributed by atoms with Crippen LogP contribution in [0.4, 0.5) is 17.1 Å². The van der Waals surface area contributed by atoms with Crippen molar-refractivity contribution in [2.45, 2.75) is 0 Å². The second-order valence-corrected chi connectivity index (χ2v) is 15.1. The van der Waals surface area contributed by atoms with Gasteiger partial charge in [-0.05, 0) is 68.6 Å². The molecule has 0 spiro atoms. The molecular weight excluding hydrogens is 571 g/mol. The van der Waals surface area contributed by atoms with Gasteiger partial charge >= 0.3 is 0 Å². The average molecular weight is 606 g/mol. The normalized spacial score (nSPS) is 11.4. The molecule has 0 atom stereocenters. The Labute approximate surface area is 273 Å². The molecule has 1 nitrogen and oxygen atoms in total. The van der Waals surface area contributed by atoms with E-state index in [4.69, 9.17) is 0 Å². The van der Waals surface area contributed by atoms with Crippen LogP contribution >= 0.6 is 0 Å². The van der Waals surface area contributed by atoms with Crippen LogP contribution in [0, 0.1) is 0 Å². The highest BCUT2D eigenvalue weighted by Crippen LogP contribution is 2.35. The quantitative estimate of drug-likeness (QED) is 0.117. The predicted molar refractivity (Wildman–Crippen MR) is 200 cm³/mol. The highest BCUT2D eigenvalue weighted by atomic mass is 28.3. The van der Waals surface area contributed by atoms with E-state index < -0.39 is 8.07 Å². The first-order valence-corrected chi connectivity index (χ1v) is 17.9. The number of para-hydroxylation sites is 2. The molecule has 0 saturated carbocycles. The van der Waals surface area contributed by atoms with Gasteiger partial charge in [0.05, 0.1) is 0 Å². The molecule has 0 aromatic heterocycles. The van der Waals surface area contributed by atoms with Crippen LogP contribution in [-0.4, -0.2) is 8.07 Å². The van der Waals surface area contributed by atoms with Crippen LogP contribution in [0.25, 0.3) is 17.2 Å². The number of benzene rings is 7. The minimum atomic E-state index is -2.44. The Kier molecular flexibility index (Phi) is 8.53. The summed E-state index contributed by atoms with van der Waals surface area (Å²) in [6, 6.07) is 71.9.